The molecule has 0 aromatic carbocycles. The molecule has 0 aliphatic rings. The van der Waals surface area contributed by atoms with Crippen molar-refractivity contribution in [2.24, 2.45) is 0 Å². The molecule has 0 spiro atoms. The van der Waals surface area contributed by atoms with Gasteiger partial charge >= 0.3 is 65.3 Å². The van der Waals surface area contributed by atoms with Crippen LogP contribution in [0.4, 0.5) is 4.70 Å². The Morgan fingerprint density at radius 3 is 1.25 bits per heavy atom. The summed E-state index contributed by atoms with van der Waals surface area (Å²) in [7, 11) is 0. The van der Waals surface area contributed by atoms with Crippen molar-refractivity contribution in [1.29, 1.82) is 0 Å². The third-order valence-electron chi connectivity index (χ3n) is 0. The van der Waals surface area contributed by atoms with E-state index in [1.165, 1.54) is 0 Å². The zero-order valence-corrected chi connectivity index (χ0v) is 3.77. The Morgan fingerprint density at radius 2 is 1.25 bits per heavy atom. The van der Waals surface area contributed by atoms with Crippen LogP contribution in [0.3, 0.4) is 0 Å². The second kappa shape index (κ2) is 20.8. The van der Waals surface area contributed by atoms with Crippen LogP contribution in [0.1, 0.15) is 0 Å². The Hall–Kier alpha value is 1.87. The van der Waals surface area contributed by atoms with Crippen molar-refractivity contribution in [2.75, 3.05) is 0 Å². The van der Waals surface area contributed by atoms with Crippen molar-refractivity contribution in [2.45, 2.75) is 0 Å². The molecule has 0 saturated carbocycles. The maximum absolute atomic E-state index is 8.34. The monoisotopic (exact) mass is 168 g/mol. The second-order valence-corrected chi connectivity index (χ2v) is 0. The summed E-state index contributed by atoms with van der Waals surface area (Å²) in [6, 6.07) is 0. The van der Waals surface area contributed by atoms with Gasteiger partial charge in [0, 0.05) is 0 Å². The minimum absolute atomic E-state index is 0. The molecule has 0 atom stereocenters. The Morgan fingerprint density at radius 1 is 1.25 bits per heavy atom. The van der Waals surface area contributed by atoms with Crippen LogP contribution in [-0.4, -0.2) is 37.7 Å². The summed E-state index contributed by atoms with van der Waals surface area (Å²) in [6.45, 7) is 0. The van der Waals surface area contributed by atoms with E-state index >= 15 is 0 Å². The summed E-state index contributed by atoms with van der Waals surface area (Å²) in [5.74, 6) is 0. The summed E-state index contributed by atoms with van der Waals surface area (Å²) >= 11 is 0.300. The zero-order chi connectivity index (χ0) is 2.00. The van der Waals surface area contributed by atoms with Crippen molar-refractivity contribution in [3.63, 3.8) is 0 Å². The second-order valence-electron chi connectivity index (χ2n) is 0. The van der Waals surface area contributed by atoms with Gasteiger partial charge in [0.2, 0.25) is 0 Å². The van der Waals surface area contributed by atoms with E-state index in [9.17, 15) is 0 Å². The number of hydrogen-bond acceptors (Lipinski definition) is 1. The van der Waals surface area contributed by atoms with E-state index in [1.54, 1.807) is 0 Å². The molecule has 0 rings (SSSR count). The summed E-state index contributed by atoms with van der Waals surface area (Å²) in [5, 5.41) is 0. The molecule has 0 N–H and O–H groups in total. The molecule has 1 nitrogen and oxygen atoms in total. The van der Waals surface area contributed by atoms with Gasteiger partial charge in [0.05, 0.1) is 0 Å². The summed E-state index contributed by atoms with van der Waals surface area (Å²) in [4.78, 5) is 0. The number of hydrogen-bond donors (Lipinski definition) is 0. The van der Waals surface area contributed by atoms with E-state index in [-0.39, 0.29) is 42.4 Å². The van der Waals surface area contributed by atoms with E-state index in [0.29, 0.717) is 24.7 Å². The Labute approximate surface area is 68.8 Å². The molecule has 0 fully saturated rings. The third-order valence-corrected chi connectivity index (χ3v) is 0. The molecule has 0 saturated heterocycles. The van der Waals surface area contributed by atoms with E-state index in [2.05, 4.69) is 0 Å². The standard InChI is InChI=1S/Ca.FH.O.Zr.2H/h;1H;;;;. The normalized spacial score (nSPS) is 0.750. The van der Waals surface area contributed by atoms with Gasteiger partial charge in [0.15, 0.2) is 0 Å². The minimum atomic E-state index is 0. The van der Waals surface area contributed by atoms with E-state index in [0.717, 1.165) is 0 Å². The average Bonchev–Trinajstić information content (AvgIpc) is 1.00. The van der Waals surface area contributed by atoms with Crippen molar-refractivity contribution >= 4 is 37.7 Å². The first-order valence-corrected chi connectivity index (χ1v) is 1.21. The van der Waals surface area contributed by atoms with Crippen LogP contribution in [0.2, 0.25) is 0 Å². The van der Waals surface area contributed by atoms with Crippen LogP contribution < -0.4 is 0 Å². The Balaban J connectivity index is -0.00000000500. The fourth-order valence-electron chi connectivity index (χ4n) is 0. The Kier molecular flexibility index (Phi) is 88.0. The van der Waals surface area contributed by atoms with E-state index in [4.69, 9.17) is 2.81 Å². The fraction of sp³-hybridized carbons (Fsp3) is 0. The number of rotatable bonds is 0. The first kappa shape index (κ1) is 16.9. The van der Waals surface area contributed by atoms with Gasteiger partial charge in [0.25, 0.3) is 0 Å². The van der Waals surface area contributed by atoms with Gasteiger partial charge in [-0.15, -0.1) is 0 Å². The molecule has 0 aliphatic heterocycles. The molecule has 4 heavy (non-hydrogen) atoms. The van der Waals surface area contributed by atoms with Gasteiger partial charge in [0.1, 0.15) is 0 Å². The molecule has 0 amide bonds. The van der Waals surface area contributed by atoms with Crippen LogP contribution in [0, 0.1) is 0 Å². The van der Waals surface area contributed by atoms with Gasteiger partial charge in [-0.25, -0.2) is 0 Å². The van der Waals surface area contributed by atoms with E-state index in [1.807, 2.05) is 0 Å². The molecular formula is H3CaFOZr. The predicted molar refractivity (Wildman–Crippen MR) is 11.7 cm³/mol. The average molecular weight is 169 g/mol. The molecule has 0 aromatic heterocycles. The molecule has 0 aliphatic carbocycles. The zero-order valence-electron chi connectivity index (χ0n) is 1.32. The van der Waals surface area contributed by atoms with Gasteiger partial charge < -0.3 is 0 Å². The summed E-state index contributed by atoms with van der Waals surface area (Å²) in [5.41, 5.74) is 0. The maximum atomic E-state index is 8.34. The van der Waals surface area contributed by atoms with Crippen molar-refractivity contribution < 1.29 is 32.2 Å². The van der Waals surface area contributed by atoms with Crippen LogP contribution in [-0.2, 0) is 27.5 Å². The fourth-order valence-corrected chi connectivity index (χ4v) is 0. The van der Waals surface area contributed by atoms with Crippen molar-refractivity contribution in [3.8, 4) is 0 Å². The predicted octanol–water partition coefficient (Wildman–Crippen LogP) is -0.885. The molecule has 0 unspecified atom stereocenters. The topological polar surface area (TPSA) is 17.1 Å². The first-order chi connectivity index (χ1) is 1.00. The SMILES string of the molecule is F.[CaH2].[O]=[Zr]. The third kappa shape index (κ3) is 9.11. The molecule has 22 valence electrons. The summed E-state index contributed by atoms with van der Waals surface area (Å²) < 4.78 is 8.34. The molecule has 0 bridgehead atoms. The summed E-state index contributed by atoms with van der Waals surface area (Å²) in [6.07, 6.45) is 0. The number of halogens is 1. The molecule has 0 radical (unpaired) electrons. The van der Waals surface area contributed by atoms with Crippen LogP contribution in [0.25, 0.3) is 0 Å². The van der Waals surface area contributed by atoms with Gasteiger partial charge in [-0.3, -0.25) is 4.70 Å². The molecular weight excluding hydrogens is 166 g/mol. The van der Waals surface area contributed by atoms with Crippen LogP contribution in [0.5, 0.6) is 0 Å². The first-order valence-electron chi connectivity index (χ1n) is 0.204. The van der Waals surface area contributed by atoms with Crippen LogP contribution in [0.15, 0.2) is 0 Å². The molecule has 0 heterocycles. The Bertz CT molecular complexity index is 8.00. The molecule has 0 aromatic rings. The van der Waals surface area contributed by atoms with Crippen molar-refractivity contribution in [1.82, 2.24) is 0 Å². The quantitative estimate of drug-likeness (QED) is 0.430. The van der Waals surface area contributed by atoms with Crippen LogP contribution >= 0.6 is 0 Å². The molecule has 4 heteroatoms. The van der Waals surface area contributed by atoms with E-state index < -0.39 is 0 Å². The van der Waals surface area contributed by atoms with Gasteiger partial charge in [-0.2, -0.15) is 0 Å². The van der Waals surface area contributed by atoms with Gasteiger partial charge in [-0.1, -0.05) is 0 Å². The van der Waals surface area contributed by atoms with Gasteiger partial charge in [-0.05, 0) is 0 Å². The van der Waals surface area contributed by atoms with Crippen molar-refractivity contribution in [3.05, 3.63) is 0 Å².